The summed E-state index contributed by atoms with van der Waals surface area (Å²) in [6, 6.07) is 0. The van der Waals surface area contributed by atoms with Crippen molar-refractivity contribution < 1.29 is 24.2 Å². The lowest BCUT2D eigenvalue weighted by atomic mass is 10.1. The zero-order valence-corrected chi connectivity index (χ0v) is 11.1. The van der Waals surface area contributed by atoms with E-state index in [1.54, 1.807) is 4.90 Å². The summed E-state index contributed by atoms with van der Waals surface area (Å²) in [5.41, 5.74) is -0.491. The van der Waals surface area contributed by atoms with E-state index in [1.807, 2.05) is 20.8 Å². The van der Waals surface area contributed by atoms with Crippen molar-refractivity contribution in [3.05, 3.63) is 0 Å². The molecule has 1 aliphatic rings. The fourth-order valence-corrected chi connectivity index (χ4v) is 1.77. The van der Waals surface area contributed by atoms with Gasteiger partial charge < -0.3 is 19.5 Å². The van der Waals surface area contributed by atoms with Crippen molar-refractivity contribution in [2.75, 3.05) is 26.3 Å². The van der Waals surface area contributed by atoms with Gasteiger partial charge in [0.05, 0.1) is 6.61 Å². The normalized spacial score (nSPS) is 19.9. The molecule has 1 fully saturated rings. The van der Waals surface area contributed by atoms with Gasteiger partial charge in [-0.2, -0.15) is 0 Å². The van der Waals surface area contributed by atoms with E-state index in [0.717, 1.165) is 6.42 Å². The largest absolute Gasteiger partial charge is 0.480 e. The van der Waals surface area contributed by atoms with Gasteiger partial charge in [0.15, 0.2) is 0 Å². The molecule has 1 amide bonds. The topological polar surface area (TPSA) is 76.1 Å². The van der Waals surface area contributed by atoms with Crippen molar-refractivity contribution in [3.63, 3.8) is 0 Å². The molecular weight excluding hydrogens is 238 g/mol. The molecule has 1 atom stereocenters. The number of carbonyl (C=O) groups is 2. The minimum Gasteiger partial charge on any atom is -0.480 e. The van der Waals surface area contributed by atoms with Crippen LogP contribution < -0.4 is 0 Å². The van der Waals surface area contributed by atoms with E-state index in [-0.39, 0.29) is 18.6 Å². The Morgan fingerprint density at radius 2 is 2.06 bits per heavy atom. The molecule has 1 aliphatic heterocycles. The Balaban J connectivity index is 2.28. The fourth-order valence-electron chi connectivity index (χ4n) is 1.77. The molecule has 0 aromatic heterocycles. The van der Waals surface area contributed by atoms with Crippen molar-refractivity contribution >= 4 is 12.1 Å². The number of aliphatic carboxylic acids is 1. The molecule has 1 unspecified atom stereocenters. The molecular formula is C12H21NO5. The van der Waals surface area contributed by atoms with E-state index in [9.17, 15) is 9.59 Å². The molecule has 0 aromatic carbocycles. The van der Waals surface area contributed by atoms with Crippen molar-refractivity contribution in [3.8, 4) is 0 Å². The Kier molecular flexibility index (Phi) is 4.95. The summed E-state index contributed by atoms with van der Waals surface area (Å²) >= 11 is 0. The quantitative estimate of drug-likeness (QED) is 0.824. The molecule has 0 aliphatic carbocycles. The summed E-state index contributed by atoms with van der Waals surface area (Å²) in [7, 11) is 0. The maximum atomic E-state index is 11.8. The van der Waals surface area contributed by atoms with Gasteiger partial charge in [-0.15, -0.1) is 0 Å². The van der Waals surface area contributed by atoms with Gasteiger partial charge in [0.2, 0.25) is 0 Å². The first-order valence-corrected chi connectivity index (χ1v) is 6.05. The molecule has 0 bridgehead atoms. The number of rotatable bonds is 4. The number of carbonyl (C=O) groups excluding carboxylic acids is 1. The van der Waals surface area contributed by atoms with Crippen LogP contribution in [-0.2, 0) is 14.3 Å². The Bertz CT molecular complexity index is 310. The molecule has 0 radical (unpaired) electrons. The van der Waals surface area contributed by atoms with Gasteiger partial charge in [0.1, 0.15) is 12.2 Å². The van der Waals surface area contributed by atoms with Crippen molar-refractivity contribution in [1.29, 1.82) is 0 Å². The van der Waals surface area contributed by atoms with Gasteiger partial charge in [0.25, 0.3) is 0 Å². The second kappa shape index (κ2) is 6.04. The van der Waals surface area contributed by atoms with Crippen molar-refractivity contribution in [2.45, 2.75) is 32.8 Å². The third-order valence-electron chi connectivity index (χ3n) is 2.52. The first-order valence-electron chi connectivity index (χ1n) is 6.05. The third kappa shape index (κ3) is 5.35. The highest BCUT2D eigenvalue weighted by atomic mass is 16.6. The molecule has 0 spiro atoms. The highest BCUT2D eigenvalue weighted by Crippen LogP contribution is 2.19. The lowest BCUT2D eigenvalue weighted by Crippen LogP contribution is -2.35. The summed E-state index contributed by atoms with van der Waals surface area (Å²) in [4.78, 5) is 23.7. The van der Waals surface area contributed by atoms with Crippen LogP contribution in [0.3, 0.4) is 0 Å². The Morgan fingerprint density at radius 1 is 1.39 bits per heavy atom. The maximum Gasteiger partial charge on any atom is 0.410 e. The molecule has 104 valence electrons. The summed E-state index contributed by atoms with van der Waals surface area (Å²) in [5.74, 6) is -0.783. The molecule has 1 heterocycles. The number of amides is 1. The van der Waals surface area contributed by atoms with Gasteiger partial charge in [-0.05, 0) is 27.2 Å². The van der Waals surface area contributed by atoms with Crippen LogP contribution in [0.15, 0.2) is 0 Å². The SMILES string of the molecule is CC(C)(C)OC(=O)N1CCC(COCC(=O)O)C1. The number of carboxylic acid groups (broad SMARTS) is 1. The average molecular weight is 259 g/mol. The van der Waals surface area contributed by atoms with Crippen LogP contribution in [0, 0.1) is 5.92 Å². The summed E-state index contributed by atoms with van der Waals surface area (Å²) in [5, 5.41) is 8.45. The van der Waals surface area contributed by atoms with E-state index in [2.05, 4.69) is 0 Å². The monoisotopic (exact) mass is 259 g/mol. The van der Waals surface area contributed by atoms with E-state index in [1.165, 1.54) is 0 Å². The van der Waals surface area contributed by atoms with Crippen LogP contribution in [0.4, 0.5) is 4.79 Å². The molecule has 0 aromatic rings. The molecule has 6 nitrogen and oxygen atoms in total. The lowest BCUT2D eigenvalue weighted by Gasteiger charge is -2.24. The van der Waals surface area contributed by atoms with Gasteiger partial charge in [-0.25, -0.2) is 9.59 Å². The van der Waals surface area contributed by atoms with E-state index in [0.29, 0.717) is 19.7 Å². The second-order valence-electron chi connectivity index (χ2n) is 5.49. The van der Waals surface area contributed by atoms with E-state index >= 15 is 0 Å². The number of ether oxygens (including phenoxy) is 2. The summed E-state index contributed by atoms with van der Waals surface area (Å²) in [6.45, 7) is 6.76. The predicted molar refractivity (Wildman–Crippen MR) is 64.4 cm³/mol. The first kappa shape index (κ1) is 14.8. The summed E-state index contributed by atoms with van der Waals surface area (Å²) in [6.07, 6.45) is 0.502. The van der Waals surface area contributed by atoms with Crippen LogP contribution >= 0.6 is 0 Å². The Morgan fingerprint density at radius 3 is 2.61 bits per heavy atom. The van der Waals surface area contributed by atoms with E-state index in [4.69, 9.17) is 14.6 Å². The summed E-state index contributed by atoms with van der Waals surface area (Å²) < 4.78 is 10.3. The molecule has 1 N–H and O–H groups in total. The molecule has 18 heavy (non-hydrogen) atoms. The molecule has 0 saturated carbocycles. The van der Waals surface area contributed by atoms with Crippen LogP contribution in [0.25, 0.3) is 0 Å². The molecule has 6 heteroatoms. The van der Waals surface area contributed by atoms with Gasteiger partial charge >= 0.3 is 12.1 Å². The Hall–Kier alpha value is -1.30. The zero-order valence-electron chi connectivity index (χ0n) is 11.1. The first-order chi connectivity index (χ1) is 8.28. The highest BCUT2D eigenvalue weighted by molar-refractivity contribution is 5.68. The Labute approximate surface area is 107 Å². The molecule has 1 saturated heterocycles. The number of likely N-dealkylation sites (tertiary alicyclic amines) is 1. The predicted octanol–water partition coefficient (Wildman–Crippen LogP) is 1.34. The van der Waals surface area contributed by atoms with Crippen LogP contribution in [0.2, 0.25) is 0 Å². The number of hydrogen-bond acceptors (Lipinski definition) is 4. The minimum absolute atomic E-state index is 0.192. The van der Waals surface area contributed by atoms with Gasteiger partial charge in [0, 0.05) is 19.0 Å². The number of nitrogens with zero attached hydrogens (tertiary/aromatic N) is 1. The minimum atomic E-state index is -0.975. The smallest absolute Gasteiger partial charge is 0.410 e. The van der Waals surface area contributed by atoms with Crippen molar-refractivity contribution in [2.24, 2.45) is 5.92 Å². The van der Waals surface area contributed by atoms with Crippen LogP contribution in [-0.4, -0.2) is 54.0 Å². The van der Waals surface area contributed by atoms with E-state index < -0.39 is 11.6 Å². The third-order valence-corrected chi connectivity index (χ3v) is 2.52. The standard InChI is InChI=1S/C12H21NO5/c1-12(2,3)18-11(16)13-5-4-9(6-13)7-17-8-10(14)15/h9H,4-8H2,1-3H3,(H,14,15). The number of hydrogen-bond donors (Lipinski definition) is 1. The second-order valence-corrected chi connectivity index (χ2v) is 5.49. The highest BCUT2D eigenvalue weighted by Gasteiger charge is 2.29. The lowest BCUT2D eigenvalue weighted by molar-refractivity contribution is -0.142. The fraction of sp³-hybridized carbons (Fsp3) is 0.833. The number of carboxylic acids is 1. The van der Waals surface area contributed by atoms with Crippen molar-refractivity contribution in [1.82, 2.24) is 4.90 Å². The van der Waals surface area contributed by atoms with Gasteiger partial charge in [-0.3, -0.25) is 0 Å². The average Bonchev–Trinajstić information content (AvgIpc) is 2.63. The maximum absolute atomic E-state index is 11.8. The van der Waals surface area contributed by atoms with Gasteiger partial charge in [-0.1, -0.05) is 0 Å². The van der Waals surface area contributed by atoms with Crippen LogP contribution in [0.5, 0.6) is 0 Å². The van der Waals surface area contributed by atoms with Crippen LogP contribution in [0.1, 0.15) is 27.2 Å². The molecule has 1 rings (SSSR count). The zero-order chi connectivity index (χ0) is 13.8.